The molecule has 0 aromatic heterocycles. The molecule has 2 unspecified atom stereocenters. The minimum atomic E-state index is 0.331. The summed E-state index contributed by atoms with van der Waals surface area (Å²) in [5, 5.41) is 3.60. The molecule has 0 saturated heterocycles. The highest BCUT2D eigenvalue weighted by atomic mass is 79.9. The van der Waals surface area contributed by atoms with Crippen LogP contribution in [0, 0.1) is 11.3 Å². The second kappa shape index (κ2) is 7.46. The molecule has 0 spiro atoms. The lowest BCUT2D eigenvalue weighted by molar-refractivity contribution is 0.224. The smallest absolute Gasteiger partial charge is 0.133 e. The second-order valence-corrected chi connectivity index (χ2v) is 7.36. The molecule has 1 N–H and O–H groups in total. The molecular formula is C17H28BrNO. The first-order valence-corrected chi connectivity index (χ1v) is 8.15. The Morgan fingerprint density at radius 2 is 1.95 bits per heavy atom. The fourth-order valence-corrected chi connectivity index (χ4v) is 2.75. The van der Waals surface area contributed by atoms with Crippen molar-refractivity contribution in [3.8, 4) is 5.75 Å². The number of hydrogen-bond donors (Lipinski definition) is 1. The summed E-state index contributed by atoms with van der Waals surface area (Å²) in [5.74, 6) is 1.53. The molecule has 0 aliphatic rings. The first-order valence-electron chi connectivity index (χ1n) is 7.36. The molecular weight excluding hydrogens is 314 g/mol. The first kappa shape index (κ1) is 17.5. The van der Waals surface area contributed by atoms with Crippen LogP contribution in [0.15, 0.2) is 22.7 Å². The Balaban J connectivity index is 2.93. The van der Waals surface area contributed by atoms with E-state index >= 15 is 0 Å². The maximum absolute atomic E-state index is 5.31. The largest absolute Gasteiger partial charge is 0.496 e. The van der Waals surface area contributed by atoms with Gasteiger partial charge in [0, 0.05) is 6.04 Å². The van der Waals surface area contributed by atoms with Crippen LogP contribution in [0.25, 0.3) is 0 Å². The van der Waals surface area contributed by atoms with E-state index in [1.807, 2.05) is 6.07 Å². The van der Waals surface area contributed by atoms with E-state index in [0.717, 1.165) is 23.2 Å². The molecule has 114 valence electrons. The third kappa shape index (κ3) is 4.78. The van der Waals surface area contributed by atoms with E-state index in [1.165, 1.54) is 5.56 Å². The van der Waals surface area contributed by atoms with Crippen LogP contribution >= 0.6 is 15.9 Å². The van der Waals surface area contributed by atoms with Crippen molar-refractivity contribution in [2.24, 2.45) is 11.3 Å². The standard InChI is InChI=1S/C17H28BrNO/c1-7-19-15(10-12(2)17(3,4)5)13-8-9-16(20-6)14(18)11-13/h8-9,11-12,15,19H,7,10H2,1-6H3. The van der Waals surface area contributed by atoms with Crippen LogP contribution in [0.4, 0.5) is 0 Å². The summed E-state index contributed by atoms with van der Waals surface area (Å²) in [6.45, 7) is 12.4. The number of rotatable bonds is 6. The number of benzene rings is 1. The van der Waals surface area contributed by atoms with Gasteiger partial charge in [-0.1, -0.05) is 40.7 Å². The van der Waals surface area contributed by atoms with Crippen molar-refractivity contribution < 1.29 is 4.74 Å². The van der Waals surface area contributed by atoms with Crippen molar-refractivity contribution in [1.82, 2.24) is 5.32 Å². The van der Waals surface area contributed by atoms with E-state index in [1.54, 1.807) is 7.11 Å². The molecule has 2 nitrogen and oxygen atoms in total. The highest BCUT2D eigenvalue weighted by Gasteiger charge is 2.24. The Morgan fingerprint density at radius 1 is 1.30 bits per heavy atom. The van der Waals surface area contributed by atoms with Crippen LogP contribution < -0.4 is 10.1 Å². The van der Waals surface area contributed by atoms with E-state index in [2.05, 4.69) is 68.0 Å². The summed E-state index contributed by atoms with van der Waals surface area (Å²) in [7, 11) is 1.70. The van der Waals surface area contributed by atoms with Gasteiger partial charge < -0.3 is 10.1 Å². The van der Waals surface area contributed by atoms with Crippen molar-refractivity contribution in [3.05, 3.63) is 28.2 Å². The lowest BCUT2D eigenvalue weighted by atomic mass is 9.77. The second-order valence-electron chi connectivity index (χ2n) is 6.51. The van der Waals surface area contributed by atoms with Crippen molar-refractivity contribution >= 4 is 15.9 Å². The topological polar surface area (TPSA) is 21.3 Å². The fraction of sp³-hybridized carbons (Fsp3) is 0.647. The van der Waals surface area contributed by atoms with Crippen molar-refractivity contribution in [2.45, 2.75) is 47.1 Å². The van der Waals surface area contributed by atoms with Gasteiger partial charge in [-0.2, -0.15) is 0 Å². The Labute approximate surface area is 132 Å². The maximum Gasteiger partial charge on any atom is 0.133 e. The third-order valence-corrected chi connectivity index (χ3v) is 4.72. The number of methoxy groups -OCH3 is 1. The quantitative estimate of drug-likeness (QED) is 0.769. The lowest BCUT2D eigenvalue weighted by Gasteiger charge is -2.31. The van der Waals surface area contributed by atoms with Crippen LogP contribution in [0.3, 0.4) is 0 Å². The van der Waals surface area contributed by atoms with Crippen molar-refractivity contribution in [3.63, 3.8) is 0 Å². The van der Waals surface area contributed by atoms with Gasteiger partial charge in [-0.3, -0.25) is 0 Å². The van der Waals surface area contributed by atoms with E-state index in [9.17, 15) is 0 Å². The zero-order valence-corrected chi connectivity index (χ0v) is 15.2. The molecule has 0 saturated carbocycles. The van der Waals surface area contributed by atoms with Gasteiger partial charge in [-0.15, -0.1) is 0 Å². The summed E-state index contributed by atoms with van der Waals surface area (Å²) in [5.41, 5.74) is 1.65. The minimum absolute atomic E-state index is 0.331. The minimum Gasteiger partial charge on any atom is -0.496 e. The molecule has 3 heteroatoms. The summed E-state index contributed by atoms with van der Waals surface area (Å²) < 4.78 is 6.33. The predicted octanol–water partition coefficient (Wildman–Crippen LogP) is 5.18. The van der Waals surface area contributed by atoms with Crippen molar-refractivity contribution in [2.75, 3.05) is 13.7 Å². The Bertz CT molecular complexity index is 425. The highest BCUT2D eigenvalue weighted by molar-refractivity contribution is 9.10. The molecule has 1 rings (SSSR count). The number of hydrogen-bond acceptors (Lipinski definition) is 2. The molecule has 0 radical (unpaired) electrons. The monoisotopic (exact) mass is 341 g/mol. The molecule has 1 aromatic carbocycles. The summed E-state index contributed by atoms with van der Waals surface area (Å²) in [4.78, 5) is 0. The van der Waals surface area contributed by atoms with Gasteiger partial charge in [-0.05, 0) is 57.9 Å². The van der Waals surface area contributed by atoms with Crippen molar-refractivity contribution in [1.29, 1.82) is 0 Å². The molecule has 0 amide bonds. The van der Waals surface area contributed by atoms with Crippen LogP contribution in [-0.4, -0.2) is 13.7 Å². The predicted molar refractivity (Wildman–Crippen MR) is 90.3 cm³/mol. The summed E-state index contributed by atoms with van der Waals surface area (Å²) in [6.07, 6.45) is 1.14. The van der Waals surface area contributed by atoms with Gasteiger partial charge in [0.05, 0.1) is 11.6 Å². The highest BCUT2D eigenvalue weighted by Crippen LogP contribution is 2.35. The molecule has 0 aliphatic carbocycles. The van der Waals surface area contributed by atoms with Gasteiger partial charge in [0.2, 0.25) is 0 Å². The Morgan fingerprint density at radius 3 is 2.40 bits per heavy atom. The van der Waals surface area contributed by atoms with E-state index in [-0.39, 0.29) is 0 Å². The van der Waals surface area contributed by atoms with Gasteiger partial charge >= 0.3 is 0 Å². The lowest BCUT2D eigenvalue weighted by Crippen LogP contribution is -2.27. The van der Waals surface area contributed by atoms with E-state index < -0.39 is 0 Å². The normalized spacial score (nSPS) is 14.9. The Hall–Kier alpha value is -0.540. The average molecular weight is 342 g/mol. The maximum atomic E-state index is 5.31. The zero-order chi connectivity index (χ0) is 15.3. The van der Waals surface area contributed by atoms with Gasteiger partial charge in [0.15, 0.2) is 0 Å². The number of ether oxygens (including phenoxy) is 1. The van der Waals surface area contributed by atoms with Crippen LogP contribution in [0.5, 0.6) is 5.75 Å². The van der Waals surface area contributed by atoms with Gasteiger partial charge in [0.1, 0.15) is 5.75 Å². The Kier molecular flexibility index (Phi) is 6.53. The fourth-order valence-electron chi connectivity index (χ4n) is 2.19. The van der Waals surface area contributed by atoms with E-state index in [4.69, 9.17) is 4.74 Å². The van der Waals surface area contributed by atoms with Gasteiger partial charge in [-0.25, -0.2) is 0 Å². The molecule has 0 bridgehead atoms. The van der Waals surface area contributed by atoms with Gasteiger partial charge in [0.25, 0.3) is 0 Å². The molecule has 0 heterocycles. The molecule has 20 heavy (non-hydrogen) atoms. The number of nitrogens with one attached hydrogen (secondary N) is 1. The molecule has 1 aromatic rings. The molecule has 0 aliphatic heterocycles. The SMILES string of the molecule is CCNC(CC(C)C(C)(C)C)c1ccc(OC)c(Br)c1. The molecule has 2 atom stereocenters. The zero-order valence-electron chi connectivity index (χ0n) is 13.6. The summed E-state index contributed by atoms with van der Waals surface area (Å²) in [6, 6.07) is 6.75. The van der Waals surface area contributed by atoms with Crippen LogP contribution in [0.1, 0.15) is 52.6 Å². The van der Waals surface area contributed by atoms with E-state index in [0.29, 0.717) is 17.4 Å². The first-order chi connectivity index (χ1) is 9.29. The number of halogens is 1. The third-order valence-electron chi connectivity index (χ3n) is 4.10. The average Bonchev–Trinajstić information content (AvgIpc) is 2.36. The van der Waals surface area contributed by atoms with Crippen LogP contribution in [-0.2, 0) is 0 Å². The summed E-state index contributed by atoms with van der Waals surface area (Å²) >= 11 is 3.58. The molecule has 0 fully saturated rings. The van der Waals surface area contributed by atoms with Crippen LogP contribution in [0.2, 0.25) is 0 Å².